The van der Waals surface area contributed by atoms with Crippen LogP contribution in [0.5, 0.6) is 11.8 Å². The molecular formula is C11H11ClN2O2S. The third-order valence-corrected chi connectivity index (χ3v) is 3.02. The highest BCUT2D eigenvalue weighted by Gasteiger charge is 2.07. The number of benzene rings is 1. The molecule has 0 amide bonds. The molecule has 1 heterocycles. The van der Waals surface area contributed by atoms with Gasteiger partial charge in [0.25, 0.3) is 0 Å². The van der Waals surface area contributed by atoms with E-state index in [0.717, 1.165) is 17.0 Å². The Balaban J connectivity index is 2.07. The predicted molar refractivity (Wildman–Crippen MR) is 67.8 cm³/mol. The van der Waals surface area contributed by atoms with Crippen molar-refractivity contribution in [3.05, 3.63) is 24.3 Å². The summed E-state index contributed by atoms with van der Waals surface area (Å²) in [6, 6.07) is 7.24. The number of hydrogen-bond donors (Lipinski definition) is 1. The smallest absolute Gasteiger partial charge is 0.328 e. The van der Waals surface area contributed by atoms with E-state index in [4.69, 9.17) is 16.3 Å². The molecule has 17 heavy (non-hydrogen) atoms. The average Bonchev–Trinajstić information content (AvgIpc) is 2.78. The van der Waals surface area contributed by atoms with Crippen molar-refractivity contribution in [1.82, 2.24) is 9.36 Å². The van der Waals surface area contributed by atoms with Crippen LogP contribution in [0.25, 0.3) is 10.6 Å². The lowest BCUT2D eigenvalue weighted by Crippen LogP contribution is -1.98. The second-order valence-corrected chi connectivity index (χ2v) is 4.45. The highest BCUT2D eigenvalue weighted by atomic mass is 35.5. The van der Waals surface area contributed by atoms with Crippen molar-refractivity contribution in [2.75, 3.05) is 12.5 Å². The zero-order valence-corrected chi connectivity index (χ0v) is 10.5. The molecular weight excluding hydrogens is 260 g/mol. The molecule has 0 bridgehead atoms. The number of phenolic OH excluding ortho intramolecular Hbond substituents is 1. The topological polar surface area (TPSA) is 55.2 Å². The van der Waals surface area contributed by atoms with Crippen molar-refractivity contribution >= 4 is 23.1 Å². The first-order valence-electron chi connectivity index (χ1n) is 5.11. The fourth-order valence-corrected chi connectivity index (χ4v) is 1.96. The Bertz CT molecular complexity index is 490. The van der Waals surface area contributed by atoms with Gasteiger partial charge in [0.05, 0.1) is 6.61 Å². The normalized spacial score (nSPS) is 10.4. The lowest BCUT2D eigenvalue weighted by atomic mass is 10.2. The second-order valence-electron chi connectivity index (χ2n) is 3.32. The number of ether oxygens (including phenoxy) is 1. The van der Waals surface area contributed by atoms with E-state index in [2.05, 4.69) is 9.36 Å². The quantitative estimate of drug-likeness (QED) is 0.670. The number of alkyl halides is 1. The van der Waals surface area contributed by atoms with Crippen molar-refractivity contribution in [3.8, 4) is 22.3 Å². The number of halogens is 1. The number of nitrogens with zero attached hydrogens (tertiary/aromatic N) is 2. The summed E-state index contributed by atoms with van der Waals surface area (Å²) in [4.78, 5) is 4.22. The standard InChI is InChI=1S/C11H11ClN2O2S/c12-5-2-6-16-11-13-10(17-14-11)8-3-1-4-9(15)7-8/h1,3-4,7,15H,2,5-6H2. The van der Waals surface area contributed by atoms with Gasteiger partial charge < -0.3 is 9.84 Å². The van der Waals surface area contributed by atoms with Gasteiger partial charge in [0.1, 0.15) is 10.8 Å². The Labute approximate surface area is 108 Å². The van der Waals surface area contributed by atoms with E-state index in [9.17, 15) is 5.11 Å². The fourth-order valence-electron chi connectivity index (χ4n) is 1.24. The molecule has 0 aliphatic carbocycles. The highest BCUT2D eigenvalue weighted by molar-refractivity contribution is 7.09. The van der Waals surface area contributed by atoms with E-state index in [1.165, 1.54) is 11.5 Å². The molecule has 0 radical (unpaired) electrons. The number of hydrogen-bond acceptors (Lipinski definition) is 5. The van der Waals surface area contributed by atoms with Crippen LogP contribution in [0.3, 0.4) is 0 Å². The maximum atomic E-state index is 9.37. The Morgan fingerprint density at radius 1 is 1.41 bits per heavy atom. The van der Waals surface area contributed by atoms with Crippen LogP contribution < -0.4 is 4.74 Å². The van der Waals surface area contributed by atoms with Gasteiger partial charge >= 0.3 is 6.01 Å². The molecule has 0 aliphatic rings. The van der Waals surface area contributed by atoms with Crippen LogP contribution in [-0.4, -0.2) is 27.0 Å². The number of phenols is 1. The minimum Gasteiger partial charge on any atom is -0.508 e. The van der Waals surface area contributed by atoms with Gasteiger partial charge in [-0.05, 0) is 30.1 Å². The van der Waals surface area contributed by atoms with Gasteiger partial charge in [-0.3, -0.25) is 0 Å². The van der Waals surface area contributed by atoms with E-state index < -0.39 is 0 Å². The third-order valence-electron chi connectivity index (χ3n) is 2.01. The summed E-state index contributed by atoms with van der Waals surface area (Å²) in [7, 11) is 0. The van der Waals surface area contributed by atoms with Crippen LogP contribution >= 0.6 is 23.1 Å². The molecule has 0 atom stereocenters. The van der Waals surface area contributed by atoms with Crippen LogP contribution in [0.2, 0.25) is 0 Å². The van der Waals surface area contributed by atoms with E-state index in [1.54, 1.807) is 18.2 Å². The van der Waals surface area contributed by atoms with Crippen LogP contribution in [0.1, 0.15) is 6.42 Å². The first-order chi connectivity index (χ1) is 8.29. The molecule has 90 valence electrons. The lowest BCUT2D eigenvalue weighted by molar-refractivity contribution is 0.297. The Kier molecular flexibility index (Phi) is 4.17. The number of aromatic nitrogens is 2. The van der Waals surface area contributed by atoms with Gasteiger partial charge in [-0.2, -0.15) is 4.98 Å². The molecule has 1 N–H and O–H groups in total. The molecule has 2 aromatic rings. The summed E-state index contributed by atoms with van der Waals surface area (Å²) in [6.45, 7) is 0.514. The highest BCUT2D eigenvalue weighted by Crippen LogP contribution is 2.26. The van der Waals surface area contributed by atoms with E-state index in [-0.39, 0.29) is 5.75 Å². The molecule has 0 unspecified atom stereocenters. The summed E-state index contributed by atoms with van der Waals surface area (Å²) in [6.07, 6.45) is 0.766. The Morgan fingerprint density at radius 3 is 3.06 bits per heavy atom. The largest absolute Gasteiger partial charge is 0.508 e. The lowest BCUT2D eigenvalue weighted by Gasteiger charge is -1.98. The molecule has 0 spiro atoms. The zero-order valence-electron chi connectivity index (χ0n) is 8.97. The molecule has 0 saturated heterocycles. The van der Waals surface area contributed by atoms with Gasteiger partial charge in [-0.1, -0.05) is 12.1 Å². The Morgan fingerprint density at radius 2 is 2.29 bits per heavy atom. The van der Waals surface area contributed by atoms with Crippen LogP contribution in [-0.2, 0) is 0 Å². The van der Waals surface area contributed by atoms with Crippen molar-refractivity contribution in [2.24, 2.45) is 0 Å². The maximum absolute atomic E-state index is 9.37. The molecule has 6 heteroatoms. The molecule has 0 aliphatic heterocycles. The van der Waals surface area contributed by atoms with Gasteiger partial charge in [0.2, 0.25) is 0 Å². The fraction of sp³-hybridized carbons (Fsp3) is 0.273. The summed E-state index contributed by atoms with van der Waals surface area (Å²) in [5.41, 5.74) is 0.828. The van der Waals surface area contributed by atoms with Crippen molar-refractivity contribution in [1.29, 1.82) is 0 Å². The van der Waals surface area contributed by atoms with Gasteiger partial charge in [0.15, 0.2) is 0 Å². The first kappa shape index (κ1) is 12.1. The summed E-state index contributed by atoms with van der Waals surface area (Å²) < 4.78 is 9.40. The predicted octanol–water partition coefficient (Wildman–Crippen LogP) is 2.92. The SMILES string of the molecule is Oc1cccc(-c2nc(OCCCCl)ns2)c1. The first-order valence-corrected chi connectivity index (χ1v) is 6.42. The minimum atomic E-state index is 0.210. The molecule has 1 aromatic heterocycles. The second kappa shape index (κ2) is 5.84. The van der Waals surface area contributed by atoms with Crippen LogP contribution in [0, 0.1) is 0 Å². The zero-order chi connectivity index (χ0) is 12.1. The van der Waals surface area contributed by atoms with Gasteiger partial charge in [-0.15, -0.1) is 16.0 Å². The van der Waals surface area contributed by atoms with Crippen molar-refractivity contribution in [2.45, 2.75) is 6.42 Å². The van der Waals surface area contributed by atoms with Gasteiger partial charge in [0, 0.05) is 11.4 Å². The number of rotatable bonds is 5. The van der Waals surface area contributed by atoms with Crippen molar-refractivity contribution in [3.63, 3.8) is 0 Å². The Hall–Kier alpha value is -1.33. The van der Waals surface area contributed by atoms with Gasteiger partial charge in [-0.25, -0.2) is 0 Å². The minimum absolute atomic E-state index is 0.210. The number of aromatic hydroxyl groups is 1. The van der Waals surface area contributed by atoms with Crippen LogP contribution in [0.4, 0.5) is 0 Å². The van der Waals surface area contributed by atoms with Crippen LogP contribution in [0.15, 0.2) is 24.3 Å². The molecule has 1 aromatic carbocycles. The monoisotopic (exact) mass is 270 g/mol. The summed E-state index contributed by atoms with van der Waals surface area (Å²) in [5.74, 6) is 0.770. The molecule has 0 fully saturated rings. The van der Waals surface area contributed by atoms with Crippen molar-refractivity contribution < 1.29 is 9.84 Å². The van der Waals surface area contributed by atoms with E-state index >= 15 is 0 Å². The molecule has 0 saturated carbocycles. The summed E-state index contributed by atoms with van der Waals surface area (Å²) >= 11 is 6.78. The van der Waals surface area contributed by atoms with E-state index in [0.29, 0.717) is 18.5 Å². The third kappa shape index (κ3) is 3.31. The maximum Gasteiger partial charge on any atom is 0.328 e. The molecule has 2 rings (SSSR count). The summed E-state index contributed by atoms with van der Waals surface area (Å²) in [5, 5.41) is 10.1. The van der Waals surface area contributed by atoms with E-state index in [1.807, 2.05) is 6.07 Å². The molecule has 4 nitrogen and oxygen atoms in total. The average molecular weight is 271 g/mol.